The summed E-state index contributed by atoms with van der Waals surface area (Å²) in [6.07, 6.45) is 0. The number of anilines is 1. The van der Waals surface area contributed by atoms with E-state index in [1.165, 1.54) is 18.2 Å². The molecule has 0 bridgehead atoms. The van der Waals surface area contributed by atoms with Gasteiger partial charge in [0, 0.05) is 16.6 Å². The highest BCUT2D eigenvalue weighted by molar-refractivity contribution is 6.35. The van der Waals surface area contributed by atoms with Crippen molar-refractivity contribution in [3.63, 3.8) is 0 Å². The molecule has 0 saturated heterocycles. The van der Waals surface area contributed by atoms with Crippen molar-refractivity contribution in [1.82, 2.24) is 0 Å². The minimum Gasteiger partial charge on any atom is -0.380 e. The second-order valence-electron chi connectivity index (χ2n) is 3.71. The maximum Gasteiger partial charge on any atom is 0.125 e. The van der Waals surface area contributed by atoms with Gasteiger partial charge in [-0.15, -0.1) is 0 Å². The van der Waals surface area contributed by atoms with Gasteiger partial charge in [-0.3, -0.25) is 0 Å². The van der Waals surface area contributed by atoms with E-state index in [1.54, 1.807) is 12.1 Å². The number of halogens is 4. The lowest BCUT2D eigenvalue weighted by Gasteiger charge is -2.10. The van der Waals surface area contributed by atoms with Crippen LogP contribution in [0.2, 0.25) is 15.1 Å². The van der Waals surface area contributed by atoms with Crippen LogP contribution in [0.1, 0.15) is 5.56 Å². The van der Waals surface area contributed by atoms with E-state index in [9.17, 15) is 4.39 Å². The molecule has 0 spiro atoms. The van der Waals surface area contributed by atoms with Gasteiger partial charge >= 0.3 is 0 Å². The third-order valence-corrected chi connectivity index (χ3v) is 3.33. The van der Waals surface area contributed by atoms with Crippen LogP contribution in [-0.4, -0.2) is 0 Å². The largest absolute Gasteiger partial charge is 0.380 e. The minimum absolute atomic E-state index is 0.343. The molecule has 0 aromatic heterocycles. The first kappa shape index (κ1) is 13.5. The molecular weight excluding hydrogens is 296 g/mol. The molecule has 18 heavy (non-hydrogen) atoms. The van der Waals surface area contributed by atoms with E-state index >= 15 is 0 Å². The molecule has 0 fully saturated rings. The molecule has 5 heteroatoms. The zero-order valence-electron chi connectivity index (χ0n) is 9.18. The lowest BCUT2D eigenvalue weighted by Crippen LogP contribution is -2.01. The molecule has 94 valence electrons. The van der Waals surface area contributed by atoms with E-state index in [0.717, 1.165) is 5.56 Å². The smallest absolute Gasteiger partial charge is 0.125 e. The molecule has 2 aromatic carbocycles. The van der Waals surface area contributed by atoms with Gasteiger partial charge < -0.3 is 5.32 Å². The predicted molar refractivity (Wildman–Crippen MR) is 75.2 cm³/mol. The highest BCUT2D eigenvalue weighted by Crippen LogP contribution is 2.25. The van der Waals surface area contributed by atoms with Crippen molar-refractivity contribution < 1.29 is 4.39 Å². The normalized spacial score (nSPS) is 10.4. The second-order valence-corrected chi connectivity index (χ2v) is 4.96. The van der Waals surface area contributed by atoms with Crippen molar-refractivity contribution >= 4 is 40.5 Å². The number of nitrogens with one attached hydrogen (secondary N) is 1. The molecule has 1 N–H and O–H groups in total. The van der Waals surface area contributed by atoms with Crippen molar-refractivity contribution in [2.75, 3.05) is 5.32 Å². The van der Waals surface area contributed by atoms with E-state index < -0.39 is 0 Å². The first-order valence-electron chi connectivity index (χ1n) is 5.19. The van der Waals surface area contributed by atoms with Crippen molar-refractivity contribution in [2.24, 2.45) is 0 Å². The summed E-state index contributed by atoms with van der Waals surface area (Å²) in [5.41, 5.74) is 1.39. The third kappa shape index (κ3) is 3.29. The van der Waals surface area contributed by atoms with Crippen LogP contribution in [0, 0.1) is 5.82 Å². The molecule has 2 aromatic rings. The lowest BCUT2D eigenvalue weighted by atomic mass is 10.2. The molecule has 0 atom stereocenters. The summed E-state index contributed by atoms with van der Waals surface area (Å²) in [5.74, 6) is -0.343. The third-order valence-electron chi connectivity index (χ3n) is 2.41. The molecule has 0 aliphatic rings. The van der Waals surface area contributed by atoms with Crippen LogP contribution >= 0.6 is 34.8 Å². The zero-order chi connectivity index (χ0) is 13.1. The van der Waals surface area contributed by atoms with Crippen LogP contribution < -0.4 is 5.32 Å². The minimum atomic E-state index is -0.343. The van der Waals surface area contributed by atoms with Crippen LogP contribution in [0.5, 0.6) is 0 Å². The topological polar surface area (TPSA) is 12.0 Å². The molecule has 0 saturated carbocycles. The van der Waals surface area contributed by atoms with Crippen LogP contribution in [0.15, 0.2) is 36.4 Å². The quantitative estimate of drug-likeness (QED) is 0.800. The van der Waals surface area contributed by atoms with Gasteiger partial charge in [0.05, 0.1) is 10.7 Å². The van der Waals surface area contributed by atoms with Crippen LogP contribution in [0.3, 0.4) is 0 Å². The highest BCUT2D eigenvalue weighted by Gasteiger charge is 2.04. The summed E-state index contributed by atoms with van der Waals surface area (Å²) < 4.78 is 13.1. The lowest BCUT2D eigenvalue weighted by molar-refractivity contribution is 0.628. The predicted octanol–water partition coefficient (Wildman–Crippen LogP) is 5.40. The van der Waals surface area contributed by atoms with Crippen LogP contribution in [0.4, 0.5) is 10.1 Å². The number of rotatable bonds is 3. The fourth-order valence-corrected chi connectivity index (χ4v) is 2.15. The van der Waals surface area contributed by atoms with Gasteiger partial charge in [0.2, 0.25) is 0 Å². The Labute approximate surface area is 119 Å². The molecule has 0 aliphatic carbocycles. The van der Waals surface area contributed by atoms with E-state index in [4.69, 9.17) is 34.8 Å². The maximum atomic E-state index is 13.1. The Hall–Kier alpha value is -0.960. The standard InChI is InChI=1S/C13H9Cl3FN/c14-9-2-1-8(12(16)5-9)7-18-13-6-10(17)3-4-11(13)15/h1-6,18H,7H2. The second kappa shape index (κ2) is 5.79. The summed E-state index contributed by atoms with van der Waals surface area (Å²) in [7, 11) is 0. The van der Waals surface area contributed by atoms with Gasteiger partial charge in [-0.1, -0.05) is 40.9 Å². The summed E-state index contributed by atoms with van der Waals surface area (Å²) in [5, 5.41) is 4.62. The van der Waals surface area contributed by atoms with Crippen molar-refractivity contribution in [1.29, 1.82) is 0 Å². The Kier molecular flexibility index (Phi) is 4.33. The Bertz CT molecular complexity index is 572. The Morgan fingerprint density at radius 3 is 2.44 bits per heavy atom. The Balaban J connectivity index is 2.13. The van der Waals surface area contributed by atoms with E-state index in [2.05, 4.69) is 5.32 Å². The SMILES string of the molecule is Fc1ccc(Cl)c(NCc2ccc(Cl)cc2Cl)c1. The summed E-state index contributed by atoms with van der Waals surface area (Å²) in [6, 6.07) is 9.37. The maximum absolute atomic E-state index is 13.1. The zero-order valence-corrected chi connectivity index (χ0v) is 11.5. The van der Waals surface area contributed by atoms with Crippen molar-refractivity contribution in [3.8, 4) is 0 Å². The summed E-state index contributed by atoms with van der Waals surface area (Å²) >= 11 is 17.8. The monoisotopic (exact) mass is 303 g/mol. The molecule has 0 unspecified atom stereocenters. The van der Waals surface area contributed by atoms with Crippen LogP contribution in [-0.2, 0) is 6.54 Å². The average molecular weight is 305 g/mol. The molecule has 0 radical (unpaired) electrons. The molecule has 0 heterocycles. The van der Waals surface area contributed by atoms with Gasteiger partial charge in [0.1, 0.15) is 5.82 Å². The summed E-state index contributed by atoms with van der Waals surface area (Å²) in [6.45, 7) is 0.444. The van der Waals surface area contributed by atoms with E-state index in [0.29, 0.717) is 27.3 Å². The first-order valence-corrected chi connectivity index (χ1v) is 6.32. The molecule has 2 rings (SSSR count). The van der Waals surface area contributed by atoms with E-state index in [-0.39, 0.29) is 5.82 Å². The Morgan fingerprint density at radius 1 is 0.944 bits per heavy atom. The first-order chi connectivity index (χ1) is 8.56. The highest BCUT2D eigenvalue weighted by atomic mass is 35.5. The number of hydrogen-bond donors (Lipinski definition) is 1. The fraction of sp³-hybridized carbons (Fsp3) is 0.0769. The van der Waals surface area contributed by atoms with Gasteiger partial charge in [0.25, 0.3) is 0 Å². The molecule has 0 aliphatic heterocycles. The van der Waals surface area contributed by atoms with Gasteiger partial charge in [-0.2, -0.15) is 0 Å². The van der Waals surface area contributed by atoms with Gasteiger partial charge in [-0.05, 0) is 35.9 Å². The fourth-order valence-electron chi connectivity index (χ4n) is 1.49. The van der Waals surface area contributed by atoms with E-state index in [1.807, 2.05) is 6.07 Å². The van der Waals surface area contributed by atoms with Crippen molar-refractivity contribution in [3.05, 3.63) is 62.8 Å². The van der Waals surface area contributed by atoms with Gasteiger partial charge in [0.15, 0.2) is 0 Å². The van der Waals surface area contributed by atoms with Crippen molar-refractivity contribution in [2.45, 2.75) is 6.54 Å². The number of hydrogen-bond acceptors (Lipinski definition) is 1. The Morgan fingerprint density at radius 2 is 1.72 bits per heavy atom. The number of benzene rings is 2. The molecular formula is C13H9Cl3FN. The molecule has 1 nitrogen and oxygen atoms in total. The van der Waals surface area contributed by atoms with Gasteiger partial charge in [-0.25, -0.2) is 4.39 Å². The average Bonchev–Trinajstić information content (AvgIpc) is 2.32. The summed E-state index contributed by atoms with van der Waals surface area (Å²) in [4.78, 5) is 0. The molecule has 0 amide bonds. The van der Waals surface area contributed by atoms with Crippen LogP contribution in [0.25, 0.3) is 0 Å².